The van der Waals surface area contributed by atoms with Crippen molar-refractivity contribution in [3.05, 3.63) is 53.7 Å². The quantitative estimate of drug-likeness (QED) is 0.669. The van der Waals surface area contributed by atoms with Gasteiger partial charge in [0.05, 0.1) is 10.6 Å². The second kappa shape index (κ2) is 7.13. The van der Waals surface area contributed by atoms with Gasteiger partial charge in [0.15, 0.2) is 5.82 Å². The molecule has 4 heterocycles. The van der Waals surface area contributed by atoms with Crippen LogP contribution in [-0.2, 0) is 0 Å². The number of carbonyl (C=O) groups excluding carboxylic acids is 1. The molecule has 2 bridgehead atoms. The van der Waals surface area contributed by atoms with Gasteiger partial charge in [-0.05, 0) is 42.8 Å². The molecule has 0 saturated carbocycles. The molecule has 27 heavy (non-hydrogen) atoms. The van der Waals surface area contributed by atoms with Gasteiger partial charge >= 0.3 is 0 Å². The fourth-order valence-electron chi connectivity index (χ4n) is 3.81. The Morgan fingerprint density at radius 1 is 1.04 bits per heavy atom. The van der Waals surface area contributed by atoms with Crippen LogP contribution in [-0.4, -0.2) is 49.2 Å². The first-order valence-corrected chi connectivity index (χ1v) is 11.1. The Morgan fingerprint density at radius 2 is 1.89 bits per heavy atom. The van der Waals surface area contributed by atoms with E-state index in [0.29, 0.717) is 16.3 Å². The topological polar surface area (TPSA) is 51.0 Å². The number of fused-ring (bicyclic) bond motifs is 2. The molecule has 0 spiro atoms. The van der Waals surface area contributed by atoms with Gasteiger partial charge in [0.2, 0.25) is 5.82 Å². The molecule has 1 amide bonds. The largest absolute Gasteiger partial charge is 0.335 e. The zero-order valence-corrected chi connectivity index (χ0v) is 16.5. The summed E-state index contributed by atoms with van der Waals surface area (Å²) in [6.07, 6.45) is 3.58. The third kappa shape index (κ3) is 3.30. The van der Waals surface area contributed by atoms with Crippen molar-refractivity contribution in [1.29, 1.82) is 0 Å². The van der Waals surface area contributed by atoms with Crippen molar-refractivity contribution in [2.24, 2.45) is 0 Å². The summed E-state index contributed by atoms with van der Waals surface area (Å²) in [6.45, 7) is 1.62. The number of hydrogen-bond donors (Lipinski definition) is 0. The van der Waals surface area contributed by atoms with Gasteiger partial charge in [0.25, 0.3) is 5.91 Å². The van der Waals surface area contributed by atoms with E-state index in [4.69, 9.17) is 0 Å². The summed E-state index contributed by atoms with van der Waals surface area (Å²) in [6, 6.07) is 13.9. The van der Waals surface area contributed by atoms with E-state index < -0.39 is 0 Å². The normalized spacial score (nSPS) is 22.0. The second-order valence-electron chi connectivity index (χ2n) is 6.98. The Hall–Kier alpha value is -2.12. The SMILES string of the molecule is O=C(c1nc(-c2cccs2)n(-c2ccccc2)n1)N1CCC2CCC(C1)S2. The van der Waals surface area contributed by atoms with E-state index in [1.807, 2.05) is 52.7 Å². The van der Waals surface area contributed by atoms with E-state index in [9.17, 15) is 4.79 Å². The van der Waals surface area contributed by atoms with E-state index in [1.54, 1.807) is 16.0 Å². The fraction of sp³-hybridized carbons (Fsp3) is 0.350. The second-order valence-corrected chi connectivity index (χ2v) is 9.53. The van der Waals surface area contributed by atoms with Crippen LogP contribution < -0.4 is 0 Å². The lowest BCUT2D eigenvalue weighted by molar-refractivity contribution is 0.0739. The van der Waals surface area contributed by atoms with Crippen LogP contribution in [0.5, 0.6) is 0 Å². The molecule has 3 aromatic rings. The van der Waals surface area contributed by atoms with Crippen molar-refractivity contribution in [2.75, 3.05) is 13.1 Å². The van der Waals surface area contributed by atoms with Gasteiger partial charge in [0, 0.05) is 23.6 Å². The van der Waals surface area contributed by atoms with Crippen molar-refractivity contribution < 1.29 is 4.79 Å². The van der Waals surface area contributed by atoms with Crippen LogP contribution in [0.1, 0.15) is 29.9 Å². The number of nitrogens with zero attached hydrogens (tertiary/aromatic N) is 4. The van der Waals surface area contributed by atoms with Gasteiger partial charge in [-0.1, -0.05) is 24.3 Å². The third-order valence-corrected chi connectivity index (χ3v) is 7.66. The van der Waals surface area contributed by atoms with Crippen LogP contribution in [0, 0.1) is 0 Å². The zero-order valence-electron chi connectivity index (χ0n) is 14.8. The minimum atomic E-state index is -0.0457. The van der Waals surface area contributed by atoms with Crippen molar-refractivity contribution in [1.82, 2.24) is 19.7 Å². The summed E-state index contributed by atoms with van der Waals surface area (Å²) in [5.74, 6) is 0.978. The van der Waals surface area contributed by atoms with Crippen molar-refractivity contribution in [3.8, 4) is 16.4 Å². The Kier molecular flexibility index (Phi) is 4.49. The van der Waals surface area contributed by atoms with Crippen LogP contribution in [0.15, 0.2) is 47.8 Å². The van der Waals surface area contributed by atoms with E-state index in [1.165, 1.54) is 12.8 Å². The number of para-hydroxylation sites is 1. The highest BCUT2D eigenvalue weighted by Gasteiger charge is 2.34. The van der Waals surface area contributed by atoms with Crippen LogP contribution in [0.2, 0.25) is 0 Å². The number of likely N-dealkylation sites (tertiary alicyclic amines) is 1. The van der Waals surface area contributed by atoms with E-state index >= 15 is 0 Å². The van der Waals surface area contributed by atoms with Gasteiger partial charge in [0.1, 0.15) is 0 Å². The van der Waals surface area contributed by atoms with Crippen LogP contribution in [0.25, 0.3) is 16.4 Å². The molecule has 0 radical (unpaired) electrons. The number of carbonyl (C=O) groups is 1. The highest BCUT2D eigenvalue weighted by Crippen LogP contribution is 2.38. The van der Waals surface area contributed by atoms with Crippen molar-refractivity contribution in [3.63, 3.8) is 0 Å². The molecule has 2 aliphatic heterocycles. The monoisotopic (exact) mass is 396 g/mol. The molecule has 2 unspecified atom stereocenters. The molecular formula is C20H20N4OS2. The summed E-state index contributed by atoms with van der Waals surface area (Å²) >= 11 is 3.66. The lowest BCUT2D eigenvalue weighted by Gasteiger charge is -2.22. The molecule has 2 aliphatic rings. The van der Waals surface area contributed by atoms with Gasteiger partial charge < -0.3 is 4.90 Å². The number of thiophene rings is 1. The molecule has 5 nitrogen and oxygen atoms in total. The molecule has 138 valence electrons. The molecule has 2 atom stereocenters. The number of hydrogen-bond acceptors (Lipinski definition) is 5. The smallest absolute Gasteiger partial charge is 0.293 e. The Bertz CT molecular complexity index is 938. The maximum atomic E-state index is 13.2. The number of aromatic nitrogens is 3. The van der Waals surface area contributed by atoms with Gasteiger partial charge in [-0.2, -0.15) is 11.8 Å². The van der Waals surface area contributed by atoms with Crippen LogP contribution >= 0.6 is 23.1 Å². The molecule has 2 aromatic heterocycles. The summed E-state index contributed by atoms with van der Waals surface area (Å²) in [7, 11) is 0. The highest BCUT2D eigenvalue weighted by molar-refractivity contribution is 8.00. The standard InChI is InChI=1S/C20H20N4OS2/c25-20(23-11-10-15-8-9-16(13-23)27-15)18-21-19(17-7-4-12-26-17)24(22-18)14-5-2-1-3-6-14/h1-7,12,15-16H,8-11,13H2. The first kappa shape index (κ1) is 17.0. The predicted octanol–water partition coefficient (Wildman–Crippen LogP) is 4.11. The molecular weight excluding hydrogens is 376 g/mol. The van der Waals surface area contributed by atoms with Gasteiger partial charge in [-0.3, -0.25) is 4.79 Å². The summed E-state index contributed by atoms with van der Waals surface area (Å²) in [5, 5.41) is 7.91. The predicted molar refractivity (Wildman–Crippen MR) is 110 cm³/mol. The lowest BCUT2D eigenvalue weighted by Crippen LogP contribution is -2.37. The van der Waals surface area contributed by atoms with Crippen LogP contribution in [0.4, 0.5) is 0 Å². The average Bonchev–Trinajstić information content (AvgIpc) is 3.41. The summed E-state index contributed by atoms with van der Waals surface area (Å²) in [4.78, 5) is 20.8. The fourth-order valence-corrected chi connectivity index (χ4v) is 6.10. The van der Waals surface area contributed by atoms with E-state index in [0.717, 1.165) is 35.9 Å². The van der Waals surface area contributed by atoms with Crippen molar-refractivity contribution in [2.45, 2.75) is 29.8 Å². The molecule has 0 N–H and O–H groups in total. The number of rotatable bonds is 3. The zero-order chi connectivity index (χ0) is 18.2. The molecule has 0 aliphatic carbocycles. The van der Waals surface area contributed by atoms with Gasteiger partial charge in [-0.25, -0.2) is 9.67 Å². The summed E-state index contributed by atoms with van der Waals surface area (Å²) in [5.41, 5.74) is 0.915. The number of amides is 1. The third-order valence-electron chi connectivity index (χ3n) is 5.17. The minimum Gasteiger partial charge on any atom is -0.335 e. The van der Waals surface area contributed by atoms with Gasteiger partial charge in [-0.15, -0.1) is 16.4 Å². The van der Waals surface area contributed by atoms with Crippen molar-refractivity contribution >= 4 is 29.0 Å². The van der Waals surface area contributed by atoms with E-state index in [-0.39, 0.29) is 5.91 Å². The number of thioether (sulfide) groups is 1. The molecule has 2 fully saturated rings. The first-order chi connectivity index (χ1) is 13.3. The first-order valence-electron chi connectivity index (χ1n) is 9.29. The maximum Gasteiger partial charge on any atom is 0.293 e. The molecule has 7 heteroatoms. The highest BCUT2D eigenvalue weighted by atomic mass is 32.2. The lowest BCUT2D eigenvalue weighted by atomic mass is 10.1. The minimum absolute atomic E-state index is 0.0457. The Morgan fingerprint density at radius 3 is 2.70 bits per heavy atom. The molecule has 5 rings (SSSR count). The Balaban J connectivity index is 1.50. The Labute approximate surface area is 166 Å². The molecule has 2 saturated heterocycles. The molecule has 1 aromatic carbocycles. The maximum absolute atomic E-state index is 13.2. The van der Waals surface area contributed by atoms with Crippen LogP contribution in [0.3, 0.4) is 0 Å². The number of benzene rings is 1. The van der Waals surface area contributed by atoms with E-state index in [2.05, 4.69) is 21.8 Å². The average molecular weight is 397 g/mol. The summed E-state index contributed by atoms with van der Waals surface area (Å²) < 4.78 is 1.79.